The zero-order chi connectivity index (χ0) is 11.1. The van der Waals surface area contributed by atoms with Gasteiger partial charge in [-0.15, -0.1) is 0 Å². The Morgan fingerprint density at radius 2 is 1.85 bits per heavy atom. The van der Waals surface area contributed by atoms with Gasteiger partial charge in [-0.2, -0.15) is 5.48 Å². The van der Waals surface area contributed by atoms with Crippen molar-refractivity contribution in [1.82, 2.24) is 5.48 Å². The Balaban J connectivity index is 0. The maximum atomic E-state index is 10.2. The number of halogens is 1. The van der Waals surface area contributed by atoms with E-state index >= 15 is 0 Å². The summed E-state index contributed by atoms with van der Waals surface area (Å²) in [4.78, 5) is 36.1. The van der Waals surface area contributed by atoms with Crippen LogP contribution in [-0.2, 0) is 14.2 Å². The summed E-state index contributed by atoms with van der Waals surface area (Å²) in [6.07, 6.45) is 0. The minimum atomic E-state index is -4.64. The molecule has 0 saturated heterocycles. The summed E-state index contributed by atoms with van der Waals surface area (Å²) in [5.74, 6) is 0. The third-order valence-corrected chi connectivity index (χ3v) is 0.962. The van der Waals surface area contributed by atoms with Gasteiger partial charge in [0.1, 0.15) is 6.04 Å². The highest BCUT2D eigenvalue weighted by atomic mass is 35.5. The van der Waals surface area contributed by atoms with Crippen molar-refractivity contribution in [3.05, 3.63) is 0 Å². The van der Waals surface area contributed by atoms with Crippen molar-refractivity contribution in [3.63, 3.8) is 0 Å². The first-order valence-corrected chi connectivity index (χ1v) is 4.89. The lowest BCUT2D eigenvalue weighted by Gasteiger charge is -2.03. The molecule has 0 aliphatic heterocycles. The van der Waals surface area contributed by atoms with Gasteiger partial charge in [0.25, 0.3) is 0 Å². The average molecular weight is 236 g/mol. The van der Waals surface area contributed by atoms with Gasteiger partial charge in [0.2, 0.25) is 5.24 Å². The van der Waals surface area contributed by atoms with E-state index in [0.717, 1.165) is 0 Å². The maximum absolute atomic E-state index is 10.2. The highest BCUT2D eigenvalue weighted by Crippen LogP contribution is 2.25. The van der Waals surface area contributed by atoms with Crippen LogP contribution in [0.5, 0.6) is 0 Å². The Morgan fingerprint density at radius 3 is 1.92 bits per heavy atom. The number of phosphoric acid groups is 1. The predicted molar refractivity (Wildman–Crippen MR) is 44.7 cm³/mol. The first kappa shape index (κ1) is 15.5. The molecule has 0 heterocycles. The molecule has 1 atom stereocenters. The molecule has 80 valence electrons. The molecule has 0 amide bonds. The van der Waals surface area contributed by atoms with Crippen LogP contribution in [0.25, 0.3) is 0 Å². The molecule has 0 fully saturated rings. The smallest absolute Gasteiger partial charge is 0.304 e. The van der Waals surface area contributed by atoms with Crippen LogP contribution < -0.4 is 5.48 Å². The van der Waals surface area contributed by atoms with Gasteiger partial charge in [0.05, 0.1) is 7.11 Å². The van der Waals surface area contributed by atoms with Gasteiger partial charge in [0.15, 0.2) is 0 Å². The molecule has 0 rings (SSSR count). The zero-order valence-corrected chi connectivity index (χ0v) is 8.62. The van der Waals surface area contributed by atoms with Gasteiger partial charge < -0.3 is 19.5 Å². The first-order chi connectivity index (χ1) is 5.68. The predicted octanol–water partition coefficient (Wildman–Crippen LogP) is -0.637. The van der Waals surface area contributed by atoms with Crippen molar-refractivity contribution in [2.75, 3.05) is 7.11 Å². The van der Waals surface area contributed by atoms with E-state index in [1.165, 1.54) is 7.11 Å². The second-order valence-corrected chi connectivity index (χ2v) is 3.26. The minimum absolute atomic E-state index is 0.429. The molecule has 1 unspecified atom stereocenters. The monoisotopic (exact) mass is 235 g/mol. The lowest BCUT2D eigenvalue weighted by Crippen LogP contribution is -2.29. The lowest BCUT2D eigenvalue weighted by molar-refractivity contribution is -0.116. The standard InChI is InChI=1S/C4H8ClNO2.H3O4P/c1-3(4(5)7)6-8-2;1-5(2,3)4/h3,6H,1-2H3;(H3,1,2,3,4). The molecule has 0 saturated carbocycles. The Hall–Kier alpha value is -0.0100. The van der Waals surface area contributed by atoms with Gasteiger partial charge >= 0.3 is 7.82 Å². The molecule has 0 aliphatic carbocycles. The molecule has 9 heteroatoms. The van der Waals surface area contributed by atoms with E-state index in [1.807, 2.05) is 0 Å². The van der Waals surface area contributed by atoms with Crippen LogP contribution in [0.2, 0.25) is 0 Å². The van der Waals surface area contributed by atoms with E-state index in [1.54, 1.807) is 6.92 Å². The van der Waals surface area contributed by atoms with Gasteiger partial charge in [-0.1, -0.05) is 0 Å². The summed E-state index contributed by atoms with van der Waals surface area (Å²) < 4.78 is 8.88. The Morgan fingerprint density at radius 1 is 1.54 bits per heavy atom. The van der Waals surface area contributed by atoms with Crippen molar-refractivity contribution in [1.29, 1.82) is 0 Å². The van der Waals surface area contributed by atoms with Crippen molar-refractivity contribution in [2.45, 2.75) is 13.0 Å². The molecule has 4 N–H and O–H groups in total. The lowest BCUT2D eigenvalue weighted by atomic mass is 10.4. The topological polar surface area (TPSA) is 116 Å². The summed E-state index contributed by atoms with van der Waals surface area (Å²) in [6, 6.07) is -0.429. The number of hydroxylamine groups is 1. The average Bonchev–Trinajstić information content (AvgIpc) is 1.84. The molecule has 7 nitrogen and oxygen atoms in total. The zero-order valence-electron chi connectivity index (χ0n) is 6.97. The minimum Gasteiger partial charge on any atom is -0.304 e. The second-order valence-electron chi connectivity index (χ2n) is 1.86. The number of hydrogen-bond donors (Lipinski definition) is 4. The van der Waals surface area contributed by atoms with Crippen LogP contribution in [-0.4, -0.2) is 33.1 Å². The quantitative estimate of drug-likeness (QED) is 0.292. The number of rotatable bonds is 3. The Labute approximate surface area is 79.9 Å². The first-order valence-electron chi connectivity index (χ1n) is 2.94. The molecular formula is C4H11ClNO6P. The molecule has 0 aromatic heterocycles. The maximum Gasteiger partial charge on any atom is 0.466 e. The normalized spacial score (nSPS) is 12.8. The second kappa shape index (κ2) is 7.40. The van der Waals surface area contributed by atoms with Gasteiger partial charge in [-0.3, -0.25) is 4.79 Å². The van der Waals surface area contributed by atoms with Crippen LogP contribution in [0.4, 0.5) is 0 Å². The summed E-state index contributed by atoms with van der Waals surface area (Å²) in [6.45, 7) is 1.61. The fraction of sp³-hybridized carbons (Fsp3) is 0.750. The van der Waals surface area contributed by atoms with Crippen LogP contribution >= 0.6 is 19.4 Å². The van der Waals surface area contributed by atoms with Gasteiger partial charge in [0, 0.05) is 0 Å². The van der Waals surface area contributed by atoms with E-state index < -0.39 is 19.1 Å². The number of hydrogen-bond acceptors (Lipinski definition) is 4. The molecule has 0 spiro atoms. The Kier molecular flexibility index (Phi) is 8.80. The number of carbonyl (C=O) groups is 1. The molecule has 0 aromatic carbocycles. The van der Waals surface area contributed by atoms with E-state index in [0.29, 0.717) is 0 Å². The highest BCUT2D eigenvalue weighted by molar-refractivity contribution is 7.45. The van der Waals surface area contributed by atoms with Crippen LogP contribution in [0.1, 0.15) is 6.92 Å². The van der Waals surface area contributed by atoms with Crippen molar-refractivity contribution in [3.8, 4) is 0 Å². The summed E-state index contributed by atoms with van der Waals surface area (Å²) in [5, 5.41) is -0.452. The van der Waals surface area contributed by atoms with E-state index in [9.17, 15) is 4.79 Å². The van der Waals surface area contributed by atoms with Crippen LogP contribution in [0, 0.1) is 0 Å². The van der Waals surface area contributed by atoms with Crippen molar-refractivity contribution < 1.29 is 28.9 Å². The van der Waals surface area contributed by atoms with Crippen molar-refractivity contribution >= 4 is 24.7 Å². The molecule has 0 aliphatic rings. The third kappa shape index (κ3) is 24.5. The molecule has 0 aromatic rings. The van der Waals surface area contributed by atoms with E-state index in [2.05, 4.69) is 10.3 Å². The van der Waals surface area contributed by atoms with Crippen LogP contribution in [0.3, 0.4) is 0 Å². The fourth-order valence-electron chi connectivity index (χ4n) is 0.223. The summed E-state index contributed by atoms with van der Waals surface area (Å²) in [5.41, 5.74) is 2.36. The fourth-order valence-corrected chi connectivity index (χ4v) is 0.268. The summed E-state index contributed by atoms with van der Waals surface area (Å²) in [7, 11) is -3.21. The Bertz CT molecular complexity index is 185. The van der Waals surface area contributed by atoms with Gasteiger partial charge in [-0.25, -0.2) is 4.57 Å². The van der Waals surface area contributed by atoms with E-state index in [-0.39, 0.29) is 0 Å². The van der Waals surface area contributed by atoms with Crippen molar-refractivity contribution in [2.24, 2.45) is 0 Å². The summed E-state index contributed by atoms with van der Waals surface area (Å²) >= 11 is 5.03. The third-order valence-electron chi connectivity index (χ3n) is 0.635. The van der Waals surface area contributed by atoms with E-state index in [4.69, 9.17) is 30.8 Å². The van der Waals surface area contributed by atoms with Crippen LogP contribution in [0.15, 0.2) is 0 Å². The molecule has 13 heavy (non-hydrogen) atoms. The number of carbonyl (C=O) groups excluding carboxylic acids is 1. The molecular weight excluding hydrogens is 224 g/mol. The largest absolute Gasteiger partial charge is 0.466 e. The SMILES string of the molecule is CONC(C)C(=O)Cl.O=P(O)(O)O. The highest BCUT2D eigenvalue weighted by Gasteiger charge is 2.06. The molecule has 0 radical (unpaired) electrons. The molecule has 0 bridgehead atoms. The van der Waals surface area contributed by atoms with Gasteiger partial charge in [-0.05, 0) is 18.5 Å². The number of nitrogens with one attached hydrogen (secondary N) is 1.